The quantitative estimate of drug-likeness (QED) is 0.815. The molecule has 0 saturated heterocycles. The molecular formula is C15H23NO. The third-order valence-electron chi connectivity index (χ3n) is 3.79. The second-order valence-corrected chi connectivity index (χ2v) is 4.79. The van der Waals surface area contributed by atoms with Gasteiger partial charge in [0.1, 0.15) is 0 Å². The summed E-state index contributed by atoms with van der Waals surface area (Å²) < 4.78 is 5.98. The molecule has 0 radical (unpaired) electrons. The third kappa shape index (κ3) is 2.88. The summed E-state index contributed by atoms with van der Waals surface area (Å²) in [6.45, 7) is 2.84. The maximum absolute atomic E-state index is 5.98. The minimum Gasteiger partial charge on any atom is -0.372 e. The molecule has 1 aliphatic carbocycles. The van der Waals surface area contributed by atoms with Gasteiger partial charge in [-0.3, -0.25) is 0 Å². The first-order valence-corrected chi connectivity index (χ1v) is 6.70. The minimum atomic E-state index is 0.191. The Balaban J connectivity index is 2.14. The van der Waals surface area contributed by atoms with E-state index >= 15 is 0 Å². The monoisotopic (exact) mass is 233 g/mol. The van der Waals surface area contributed by atoms with Crippen molar-refractivity contribution in [1.29, 1.82) is 0 Å². The van der Waals surface area contributed by atoms with Crippen LogP contribution in [-0.4, -0.2) is 19.7 Å². The Hall–Kier alpha value is -0.860. The molecule has 17 heavy (non-hydrogen) atoms. The van der Waals surface area contributed by atoms with Crippen molar-refractivity contribution in [2.75, 3.05) is 13.7 Å². The van der Waals surface area contributed by atoms with Gasteiger partial charge in [0.05, 0.1) is 6.10 Å². The molecule has 0 spiro atoms. The maximum atomic E-state index is 5.98. The topological polar surface area (TPSA) is 21.3 Å². The normalized spacial score (nSPS) is 19.6. The Bertz CT molecular complexity index is 321. The molecule has 2 heteroatoms. The molecule has 2 nitrogen and oxygen atoms in total. The van der Waals surface area contributed by atoms with Gasteiger partial charge in [-0.15, -0.1) is 0 Å². The van der Waals surface area contributed by atoms with Gasteiger partial charge >= 0.3 is 0 Å². The molecule has 0 bridgehead atoms. The largest absolute Gasteiger partial charge is 0.372 e. The molecule has 1 fully saturated rings. The van der Waals surface area contributed by atoms with Gasteiger partial charge in [-0.25, -0.2) is 0 Å². The van der Waals surface area contributed by atoms with Crippen LogP contribution < -0.4 is 5.32 Å². The fraction of sp³-hybridized carbons (Fsp3) is 0.600. The molecule has 1 aromatic rings. The standard InChI is InChI=1S/C15H23NO/c1-3-17-15(13-8-5-4-6-9-13)14(16-2)12-10-7-11-12/h4-6,8-9,12,14-16H,3,7,10-11H2,1-2H3. The molecule has 1 aliphatic rings. The summed E-state index contributed by atoms with van der Waals surface area (Å²) >= 11 is 0. The average molecular weight is 233 g/mol. The Kier molecular flexibility index (Phi) is 4.57. The van der Waals surface area contributed by atoms with Crippen molar-refractivity contribution in [3.63, 3.8) is 0 Å². The fourth-order valence-corrected chi connectivity index (χ4v) is 2.66. The predicted octanol–water partition coefficient (Wildman–Crippen LogP) is 3.15. The Labute approximate surface area is 104 Å². The number of hydrogen-bond acceptors (Lipinski definition) is 2. The molecule has 2 rings (SSSR count). The molecule has 2 unspecified atom stereocenters. The Morgan fingerprint density at radius 2 is 2.00 bits per heavy atom. The third-order valence-corrected chi connectivity index (χ3v) is 3.79. The second-order valence-electron chi connectivity index (χ2n) is 4.79. The van der Waals surface area contributed by atoms with E-state index in [0.29, 0.717) is 6.04 Å². The highest BCUT2D eigenvalue weighted by Gasteiger charge is 2.33. The molecule has 94 valence electrons. The van der Waals surface area contributed by atoms with E-state index in [1.54, 1.807) is 0 Å². The SMILES string of the molecule is CCOC(c1ccccc1)C(NC)C1CCC1. The molecule has 2 atom stereocenters. The summed E-state index contributed by atoms with van der Waals surface area (Å²) in [5.41, 5.74) is 1.29. The van der Waals surface area contributed by atoms with E-state index in [0.717, 1.165) is 12.5 Å². The van der Waals surface area contributed by atoms with Gasteiger partial charge in [0.15, 0.2) is 0 Å². The summed E-state index contributed by atoms with van der Waals surface area (Å²) in [5.74, 6) is 0.775. The molecule has 1 N–H and O–H groups in total. The summed E-state index contributed by atoms with van der Waals surface area (Å²) in [6.07, 6.45) is 4.23. The lowest BCUT2D eigenvalue weighted by Crippen LogP contribution is -2.43. The molecule has 0 amide bonds. The van der Waals surface area contributed by atoms with Gasteiger partial charge < -0.3 is 10.1 Å². The van der Waals surface area contributed by atoms with E-state index < -0.39 is 0 Å². The van der Waals surface area contributed by atoms with Gasteiger partial charge in [0.2, 0.25) is 0 Å². The lowest BCUT2D eigenvalue weighted by Gasteiger charge is -2.38. The first kappa shape index (κ1) is 12.6. The smallest absolute Gasteiger partial charge is 0.0980 e. The highest BCUT2D eigenvalue weighted by molar-refractivity contribution is 5.20. The van der Waals surface area contributed by atoms with Crippen LogP contribution in [0, 0.1) is 5.92 Å². The minimum absolute atomic E-state index is 0.191. The number of likely N-dealkylation sites (N-methyl/N-ethyl adjacent to an activating group) is 1. The van der Waals surface area contributed by atoms with Crippen molar-refractivity contribution in [2.45, 2.75) is 38.3 Å². The van der Waals surface area contributed by atoms with Crippen LogP contribution >= 0.6 is 0 Å². The van der Waals surface area contributed by atoms with E-state index in [-0.39, 0.29) is 6.10 Å². The lowest BCUT2D eigenvalue weighted by molar-refractivity contribution is 0.00487. The molecule has 1 aromatic carbocycles. The number of rotatable bonds is 6. The van der Waals surface area contributed by atoms with Crippen LogP contribution in [0.25, 0.3) is 0 Å². The van der Waals surface area contributed by atoms with Crippen molar-refractivity contribution in [3.05, 3.63) is 35.9 Å². The van der Waals surface area contributed by atoms with Gasteiger partial charge in [-0.2, -0.15) is 0 Å². The molecule has 1 saturated carbocycles. The summed E-state index contributed by atoms with van der Waals surface area (Å²) in [5, 5.41) is 3.46. The second kappa shape index (κ2) is 6.18. The maximum Gasteiger partial charge on any atom is 0.0980 e. The van der Waals surface area contributed by atoms with Crippen LogP contribution in [-0.2, 0) is 4.74 Å². The summed E-state index contributed by atoms with van der Waals surface area (Å²) in [7, 11) is 2.05. The van der Waals surface area contributed by atoms with Crippen LogP contribution in [0.15, 0.2) is 30.3 Å². The molecule has 0 aliphatic heterocycles. The van der Waals surface area contributed by atoms with E-state index in [4.69, 9.17) is 4.74 Å². The number of nitrogens with one attached hydrogen (secondary N) is 1. The van der Waals surface area contributed by atoms with Crippen LogP contribution in [0.5, 0.6) is 0 Å². The van der Waals surface area contributed by atoms with Crippen LogP contribution in [0.3, 0.4) is 0 Å². The zero-order chi connectivity index (χ0) is 12.1. The number of ether oxygens (including phenoxy) is 1. The first-order valence-electron chi connectivity index (χ1n) is 6.70. The van der Waals surface area contributed by atoms with E-state index in [2.05, 4.69) is 49.6 Å². The van der Waals surface area contributed by atoms with Crippen LogP contribution in [0.1, 0.15) is 37.9 Å². The highest BCUT2D eigenvalue weighted by atomic mass is 16.5. The van der Waals surface area contributed by atoms with Gasteiger partial charge in [0, 0.05) is 12.6 Å². The number of hydrogen-bond donors (Lipinski definition) is 1. The predicted molar refractivity (Wildman–Crippen MR) is 71.0 cm³/mol. The van der Waals surface area contributed by atoms with Crippen molar-refractivity contribution in [1.82, 2.24) is 5.32 Å². The fourth-order valence-electron chi connectivity index (χ4n) is 2.66. The van der Waals surface area contributed by atoms with Crippen molar-refractivity contribution >= 4 is 0 Å². The first-order chi connectivity index (χ1) is 8.36. The van der Waals surface area contributed by atoms with Crippen molar-refractivity contribution < 1.29 is 4.74 Å². The van der Waals surface area contributed by atoms with Gasteiger partial charge in [-0.05, 0) is 38.3 Å². The highest BCUT2D eigenvalue weighted by Crippen LogP contribution is 2.36. The Morgan fingerprint density at radius 3 is 2.47 bits per heavy atom. The number of benzene rings is 1. The molecule has 0 heterocycles. The zero-order valence-electron chi connectivity index (χ0n) is 10.9. The molecular weight excluding hydrogens is 210 g/mol. The van der Waals surface area contributed by atoms with Crippen LogP contribution in [0.2, 0.25) is 0 Å². The summed E-state index contributed by atoms with van der Waals surface area (Å²) in [6, 6.07) is 11.0. The zero-order valence-corrected chi connectivity index (χ0v) is 10.9. The van der Waals surface area contributed by atoms with Crippen LogP contribution in [0.4, 0.5) is 0 Å². The summed E-state index contributed by atoms with van der Waals surface area (Å²) in [4.78, 5) is 0. The average Bonchev–Trinajstić information content (AvgIpc) is 2.32. The molecule has 0 aromatic heterocycles. The van der Waals surface area contributed by atoms with E-state index in [1.807, 2.05) is 0 Å². The van der Waals surface area contributed by atoms with E-state index in [9.17, 15) is 0 Å². The van der Waals surface area contributed by atoms with Gasteiger partial charge in [-0.1, -0.05) is 36.8 Å². The van der Waals surface area contributed by atoms with Crippen molar-refractivity contribution in [3.8, 4) is 0 Å². The van der Waals surface area contributed by atoms with E-state index in [1.165, 1.54) is 24.8 Å². The van der Waals surface area contributed by atoms with Gasteiger partial charge in [0.25, 0.3) is 0 Å². The lowest BCUT2D eigenvalue weighted by atomic mass is 9.76. The van der Waals surface area contributed by atoms with Crippen molar-refractivity contribution in [2.24, 2.45) is 5.92 Å². The Morgan fingerprint density at radius 1 is 1.29 bits per heavy atom.